The van der Waals surface area contributed by atoms with E-state index in [1.54, 1.807) is 24.5 Å². The highest BCUT2D eigenvalue weighted by Crippen LogP contribution is 2.33. The van der Waals surface area contributed by atoms with Gasteiger partial charge in [0.15, 0.2) is 16.0 Å². The first-order valence-corrected chi connectivity index (χ1v) is 14.5. The number of carboxylic acid groups (broad SMARTS) is 1. The highest BCUT2D eigenvalue weighted by atomic mass is 32.1. The molecule has 1 amide bonds. The third kappa shape index (κ3) is 5.51. The van der Waals surface area contributed by atoms with Crippen LogP contribution in [0, 0.1) is 0 Å². The lowest BCUT2D eigenvalue weighted by molar-refractivity contribution is 0.0690. The van der Waals surface area contributed by atoms with E-state index in [-0.39, 0.29) is 11.6 Å². The molecule has 2 aromatic carbocycles. The van der Waals surface area contributed by atoms with E-state index < -0.39 is 5.97 Å². The molecule has 0 saturated heterocycles. The molecule has 40 heavy (non-hydrogen) atoms. The molecule has 0 spiro atoms. The summed E-state index contributed by atoms with van der Waals surface area (Å²) in [5.41, 5.74) is 3.55. The van der Waals surface area contributed by atoms with Crippen LogP contribution in [-0.4, -0.2) is 45.1 Å². The van der Waals surface area contributed by atoms with Crippen LogP contribution in [0.25, 0.3) is 10.2 Å². The van der Waals surface area contributed by atoms with Crippen molar-refractivity contribution in [1.82, 2.24) is 15.0 Å². The van der Waals surface area contributed by atoms with E-state index in [1.165, 1.54) is 22.7 Å². The Morgan fingerprint density at radius 2 is 1.88 bits per heavy atom. The molecular weight excluding hydrogens is 546 g/mol. The fourth-order valence-electron chi connectivity index (χ4n) is 4.72. The van der Waals surface area contributed by atoms with Gasteiger partial charge in [-0.15, -0.1) is 11.3 Å². The number of amides is 1. The number of nitrogens with zero attached hydrogens (tertiary/aromatic N) is 4. The second kappa shape index (κ2) is 11.4. The summed E-state index contributed by atoms with van der Waals surface area (Å²) in [6.45, 7) is 1.61. The number of rotatable bonds is 9. The van der Waals surface area contributed by atoms with Gasteiger partial charge in [0.1, 0.15) is 5.75 Å². The summed E-state index contributed by atoms with van der Waals surface area (Å²) in [7, 11) is 0. The SMILES string of the molecule is O=C(Nc1nc2ccccc2s1)c1cccc2c1CN(c1nc(C(=O)O)c(CCCOc3ccncc3)s1)CC2. The van der Waals surface area contributed by atoms with E-state index in [0.717, 1.165) is 33.5 Å². The van der Waals surface area contributed by atoms with Crippen LogP contribution in [0.4, 0.5) is 10.3 Å². The number of carbonyl (C=O) groups is 2. The van der Waals surface area contributed by atoms with Crippen LogP contribution in [0.1, 0.15) is 43.3 Å². The Labute approximate surface area is 238 Å². The lowest BCUT2D eigenvalue weighted by atomic mass is 9.94. The van der Waals surface area contributed by atoms with Gasteiger partial charge in [0.25, 0.3) is 5.91 Å². The Balaban J connectivity index is 1.17. The van der Waals surface area contributed by atoms with Crippen molar-refractivity contribution < 1.29 is 19.4 Å². The first-order chi connectivity index (χ1) is 19.5. The molecule has 6 rings (SSSR count). The Bertz CT molecular complexity index is 1650. The molecule has 11 heteroatoms. The van der Waals surface area contributed by atoms with E-state index in [1.807, 2.05) is 42.5 Å². The minimum absolute atomic E-state index is 0.0802. The number of para-hydroxylation sites is 1. The van der Waals surface area contributed by atoms with Gasteiger partial charge in [-0.05, 0) is 60.7 Å². The van der Waals surface area contributed by atoms with Crippen LogP contribution in [0.3, 0.4) is 0 Å². The van der Waals surface area contributed by atoms with Crippen molar-refractivity contribution in [3.05, 3.63) is 94.3 Å². The standard InChI is InChI=1S/C29H25N5O4S2/c35-26(33-28-31-22-7-1-2-8-23(22)39-28)20-6-3-5-18-12-15-34(17-21(18)20)29-32-25(27(36)37)24(40-29)9-4-16-38-19-10-13-30-14-11-19/h1-3,5-8,10-11,13-14H,4,9,12,15-17H2,(H,36,37)(H,31,33,35). The smallest absolute Gasteiger partial charge is 0.355 e. The average Bonchev–Trinajstić information content (AvgIpc) is 3.59. The Hall–Kier alpha value is -4.35. The third-order valence-electron chi connectivity index (χ3n) is 6.66. The molecule has 3 aromatic heterocycles. The van der Waals surface area contributed by atoms with Gasteiger partial charge < -0.3 is 14.7 Å². The molecule has 202 valence electrons. The number of thiazole rings is 2. The van der Waals surface area contributed by atoms with Crippen molar-refractivity contribution in [2.45, 2.75) is 25.8 Å². The number of aromatic nitrogens is 3. The summed E-state index contributed by atoms with van der Waals surface area (Å²) < 4.78 is 6.74. The number of nitrogens with one attached hydrogen (secondary N) is 1. The van der Waals surface area contributed by atoms with Crippen molar-refractivity contribution in [3.8, 4) is 5.75 Å². The zero-order valence-electron chi connectivity index (χ0n) is 21.4. The third-order valence-corrected chi connectivity index (χ3v) is 8.79. The zero-order chi connectivity index (χ0) is 27.5. The second-order valence-electron chi connectivity index (χ2n) is 9.26. The van der Waals surface area contributed by atoms with Crippen molar-refractivity contribution >= 4 is 55.0 Å². The van der Waals surface area contributed by atoms with Gasteiger partial charge in [0, 0.05) is 35.9 Å². The van der Waals surface area contributed by atoms with Crippen LogP contribution in [0.15, 0.2) is 67.0 Å². The van der Waals surface area contributed by atoms with Crippen molar-refractivity contribution in [2.75, 3.05) is 23.4 Å². The molecule has 5 aromatic rings. The van der Waals surface area contributed by atoms with Crippen molar-refractivity contribution in [2.24, 2.45) is 0 Å². The Morgan fingerprint density at radius 1 is 1.02 bits per heavy atom. The zero-order valence-corrected chi connectivity index (χ0v) is 23.0. The minimum Gasteiger partial charge on any atom is -0.493 e. The second-order valence-corrected chi connectivity index (χ2v) is 11.4. The molecule has 2 N–H and O–H groups in total. The van der Waals surface area contributed by atoms with E-state index in [9.17, 15) is 14.7 Å². The summed E-state index contributed by atoms with van der Waals surface area (Å²) in [5.74, 6) is -0.521. The number of aromatic carboxylic acids is 1. The summed E-state index contributed by atoms with van der Waals surface area (Å²) in [5, 5.41) is 14.0. The number of carbonyl (C=O) groups excluding carboxylic acids is 1. The fourth-order valence-corrected chi connectivity index (χ4v) is 6.69. The number of aryl methyl sites for hydroxylation is 1. The number of fused-ring (bicyclic) bond motifs is 2. The molecule has 0 bridgehead atoms. The van der Waals surface area contributed by atoms with Gasteiger partial charge in [-0.3, -0.25) is 15.1 Å². The predicted octanol–water partition coefficient (Wildman–Crippen LogP) is 5.67. The molecule has 0 aliphatic carbocycles. The van der Waals surface area contributed by atoms with E-state index >= 15 is 0 Å². The highest BCUT2D eigenvalue weighted by Gasteiger charge is 2.26. The number of anilines is 2. The number of hydrogen-bond donors (Lipinski definition) is 2. The van der Waals surface area contributed by atoms with Gasteiger partial charge in [-0.2, -0.15) is 0 Å². The molecule has 0 saturated carbocycles. The fraction of sp³-hybridized carbons (Fsp3) is 0.207. The van der Waals surface area contributed by atoms with E-state index in [4.69, 9.17) is 4.74 Å². The maximum Gasteiger partial charge on any atom is 0.355 e. The molecule has 1 aliphatic heterocycles. The number of ether oxygens (including phenoxy) is 1. The van der Waals surface area contributed by atoms with Gasteiger partial charge in [-0.1, -0.05) is 35.6 Å². The lowest BCUT2D eigenvalue weighted by Crippen LogP contribution is -2.32. The van der Waals surface area contributed by atoms with E-state index in [0.29, 0.717) is 53.2 Å². The average molecular weight is 572 g/mol. The summed E-state index contributed by atoms with van der Waals surface area (Å²) in [6, 6.07) is 17.1. The summed E-state index contributed by atoms with van der Waals surface area (Å²) in [6.07, 6.45) is 5.27. The summed E-state index contributed by atoms with van der Waals surface area (Å²) >= 11 is 2.83. The quantitative estimate of drug-likeness (QED) is 0.217. The monoisotopic (exact) mass is 571 g/mol. The van der Waals surface area contributed by atoms with Crippen LogP contribution >= 0.6 is 22.7 Å². The maximum absolute atomic E-state index is 13.3. The predicted molar refractivity (Wildman–Crippen MR) is 156 cm³/mol. The lowest BCUT2D eigenvalue weighted by Gasteiger charge is -2.29. The maximum atomic E-state index is 13.3. The highest BCUT2D eigenvalue weighted by molar-refractivity contribution is 7.22. The van der Waals surface area contributed by atoms with Gasteiger partial charge in [0.05, 0.1) is 16.8 Å². The topological polar surface area (TPSA) is 118 Å². The molecule has 0 atom stereocenters. The first-order valence-electron chi connectivity index (χ1n) is 12.8. The Morgan fingerprint density at radius 3 is 2.70 bits per heavy atom. The molecular formula is C29H25N5O4S2. The largest absolute Gasteiger partial charge is 0.493 e. The first kappa shape index (κ1) is 25.9. The van der Waals surface area contributed by atoms with Crippen LogP contribution < -0.4 is 15.0 Å². The molecule has 0 fully saturated rings. The van der Waals surface area contributed by atoms with E-state index in [2.05, 4.69) is 25.2 Å². The molecule has 4 heterocycles. The van der Waals surface area contributed by atoms with Crippen LogP contribution in [-0.2, 0) is 19.4 Å². The minimum atomic E-state index is -1.04. The molecule has 0 radical (unpaired) electrons. The van der Waals surface area contributed by atoms with Crippen molar-refractivity contribution in [1.29, 1.82) is 0 Å². The van der Waals surface area contributed by atoms with Gasteiger partial charge in [0.2, 0.25) is 0 Å². The van der Waals surface area contributed by atoms with Crippen LogP contribution in [0.2, 0.25) is 0 Å². The van der Waals surface area contributed by atoms with Gasteiger partial charge in [-0.25, -0.2) is 14.8 Å². The normalized spacial score (nSPS) is 12.8. The summed E-state index contributed by atoms with van der Waals surface area (Å²) in [4.78, 5) is 41.1. The van der Waals surface area contributed by atoms with Crippen molar-refractivity contribution in [3.63, 3.8) is 0 Å². The Kier molecular flexibility index (Phi) is 7.39. The number of pyridine rings is 1. The molecule has 1 aliphatic rings. The van der Waals surface area contributed by atoms with Crippen LogP contribution in [0.5, 0.6) is 5.75 Å². The number of hydrogen-bond acceptors (Lipinski definition) is 9. The number of benzene rings is 2. The molecule has 0 unspecified atom stereocenters. The van der Waals surface area contributed by atoms with Gasteiger partial charge >= 0.3 is 5.97 Å². The number of carboxylic acids is 1. The molecule has 9 nitrogen and oxygen atoms in total.